The zero-order chi connectivity index (χ0) is 21.9. The van der Waals surface area contributed by atoms with E-state index in [0.29, 0.717) is 31.5 Å². The van der Waals surface area contributed by atoms with E-state index < -0.39 is 17.2 Å². The second-order valence-corrected chi connectivity index (χ2v) is 7.81. The lowest BCUT2D eigenvalue weighted by atomic mass is 9.71. The average Bonchev–Trinajstić information content (AvgIpc) is 2.73. The normalized spacial score (nSPS) is 16.2. The topological polar surface area (TPSA) is 40.6 Å². The number of amides is 2. The fourth-order valence-corrected chi connectivity index (χ4v) is 4.10. The third-order valence-electron chi connectivity index (χ3n) is 5.85. The van der Waals surface area contributed by atoms with E-state index in [9.17, 15) is 22.8 Å². The minimum absolute atomic E-state index is 0.0118. The van der Waals surface area contributed by atoms with Crippen LogP contribution in [0.4, 0.5) is 13.2 Å². The second-order valence-electron chi connectivity index (χ2n) is 7.81. The summed E-state index contributed by atoms with van der Waals surface area (Å²) >= 11 is 0. The number of likely N-dealkylation sites (N-methyl/N-ethyl adjacent to an activating group) is 1. The van der Waals surface area contributed by atoms with E-state index in [4.69, 9.17) is 0 Å². The van der Waals surface area contributed by atoms with Gasteiger partial charge in [-0.05, 0) is 36.1 Å². The van der Waals surface area contributed by atoms with Gasteiger partial charge in [-0.3, -0.25) is 9.59 Å². The summed E-state index contributed by atoms with van der Waals surface area (Å²) in [5.41, 5.74) is 0.0618. The first-order chi connectivity index (χ1) is 14.1. The lowest BCUT2D eigenvalue weighted by molar-refractivity contribution is -0.141. The van der Waals surface area contributed by atoms with Crippen LogP contribution in [0.2, 0.25) is 0 Å². The Morgan fingerprint density at radius 3 is 2.07 bits per heavy atom. The molecule has 0 unspecified atom stereocenters. The van der Waals surface area contributed by atoms with Crippen molar-refractivity contribution in [3.05, 3.63) is 71.3 Å². The Kier molecular flexibility index (Phi) is 6.19. The van der Waals surface area contributed by atoms with Crippen LogP contribution in [0, 0.1) is 0 Å². The highest BCUT2D eigenvalue weighted by atomic mass is 19.4. The van der Waals surface area contributed by atoms with E-state index in [0.717, 1.165) is 17.7 Å². The molecule has 3 rings (SSSR count). The maximum Gasteiger partial charge on any atom is 0.416 e. The van der Waals surface area contributed by atoms with Crippen molar-refractivity contribution in [2.45, 2.75) is 37.9 Å². The monoisotopic (exact) mass is 418 g/mol. The first-order valence-electron chi connectivity index (χ1n) is 9.86. The largest absolute Gasteiger partial charge is 0.416 e. The molecule has 0 atom stereocenters. The number of piperidine rings is 1. The predicted molar refractivity (Wildman–Crippen MR) is 108 cm³/mol. The van der Waals surface area contributed by atoms with Crippen molar-refractivity contribution in [1.29, 1.82) is 0 Å². The van der Waals surface area contributed by atoms with Gasteiger partial charge in [0, 0.05) is 33.6 Å². The molecule has 0 radical (unpaired) electrons. The van der Waals surface area contributed by atoms with Crippen molar-refractivity contribution >= 4 is 11.8 Å². The molecular formula is C23H25F3N2O2. The molecule has 0 aromatic heterocycles. The molecule has 0 aliphatic carbocycles. The predicted octanol–water partition coefficient (Wildman–Crippen LogP) is 4.24. The van der Waals surface area contributed by atoms with Gasteiger partial charge in [0.25, 0.3) is 0 Å². The van der Waals surface area contributed by atoms with Gasteiger partial charge < -0.3 is 9.80 Å². The lowest BCUT2D eigenvalue weighted by Gasteiger charge is -2.42. The zero-order valence-electron chi connectivity index (χ0n) is 17.1. The smallest absolute Gasteiger partial charge is 0.343 e. The van der Waals surface area contributed by atoms with Crippen molar-refractivity contribution in [3.63, 3.8) is 0 Å². The third kappa shape index (κ3) is 4.50. The molecule has 2 aromatic rings. The molecule has 1 saturated heterocycles. The summed E-state index contributed by atoms with van der Waals surface area (Å²) in [6.07, 6.45) is -3.37. The van der Waals surface area contributed by atoms with Crippen LogP contribution in [0.15, 0.2) is 54.6 Å². The molecule has 7 heteroatoms. The number of hydrogen-bond acceptors (Lipinski definition) is 2. The summed E-state index contributed by atoms with van der Waals surface area (Å²) in [4.78, 5) is 28.6. The molecular weight excluding hydrogens is 393 g/mol. The van der Waals surface area contributed by atoms with Crippen molar-refractivity contribution in [1.82, 2.24) is 9.80 Å². The third-order valence-corrected chi connectivity index (χ3v) is 5.85. The maximum absolute atomic E-state index is 13.6. The Labute approximate surface area is 174 Å². The highest BCUT2D eigenvalue weighted by Gasteiger charge is 2.44. The first-order valence-corrected chi connectivity index (χ1v) is 9.86. The fourth-order valence-electron chi connectivity index (χ4n) is 4.10. The highest BCUT2D eigenvalue weighted by Crippen LogP contribution is 2.38. The Bertz CT molecular complexity index is 887. The standard InChI is InChI=1S/C23H25F3N2O2/c1-17(29)28-14-12-22(13-15-28,19-6-4-3-5-7-19)21(30)27(2)16-18-8-10-20(11-9-18)23(24,25)26/h3-11H,12-16H2,1-2H3. The number of carbonyl (C=O) groups is 2. The van der Waals surface area contributed by atoms with E-state index in [2.05, 4.69) is 0 Å². The van der Waals surface area contributed by atoms with Gasteiger partial charge in [-0.2, -0.15) is 13.2 Å². The van der Waals surface area contributed by atoms with E-state index in [1.54, 1.807) is 16.8 Å². The Hall–Kier alpha value is -2.83. The van der Waals surface area contributed by atoms with E-state index in [-0.39, 0.29) is 18.4 Å². The summed E-state index contributed by atoms with van der Waals surface area (Å²) in [6.45, 7) is 2.71. The number of likely N-dealkylation sites (tertiary alicyclic amines) is 1. The average molecular weight is 418 g/mol. The molecule has 0 bridgehead atoms. The summed E-state index contributed by atoms with van der Waals surface area (Å²) in [7, 11) is 1.67. The number of nitrogens with zero attached hydrogens (tertiary/aromatic N) is 2. The summed E-state index contributed by atoms with van der Waals surface area (Å²) in [5.74, 6) is -0.0981. The number of alkyl halides is 3. The summed E-state index contributed by atoms with van der Waals surface area (Å²) in [5, 5.41) is 0. The molecule has 1 aliphatic heterocycles. The maximum atomic E-state index is 13.6. The van der Waals surface area contributed by atoms with Gasteiger partial charge in [-0.25, -0.2) is 0 Å². The Morgan fingerprint density at radius 1 is 1.00 bits per heavy atom. The highest BCUT2D eigenvalue weighted by molar-refractivity contribution is 5.88. The van der Waals surface area contributed by atoms with Gasteiger partial charge >= 0.3 is 6.18 Å². The van der Waals surface area contributed by atoms with Crippen molar-refractivity contribution < 1.29 is 22.8 Å². The zero-order valence-corrected chi connectivity index (χ0v) is 17.1. The van der Waals surface area contributed by atoms with E-state index >= 15 is 0 Å². The number of rotatable bonds is 4. The van der Waals surface area contributed by atoms with Crippen LogP contribution in [0.25, 0.3) is 0 Å². The summed E-state index contributed by atoms with van der Waals surface area (Å²) < 4.78 is 38.4. The SMILES string of the molecule is CC(=O)N1CCC(C(=O)N(C)Cc2ccc(C(F)(F)F)cc2)(c2ccccc2)CC1. The molecule has 30 heavy (non-hydrogen) atoms. The van der Waals surface area contributed by atoms with Gasteiger partial charge in [0.2, 0.25) is 11.8 Å². The summed E-state index contributed by atoms with van der Waals surface area (Å²) in [6, 6.07) is 14.4. The van der Waals surface area contributed by atoms with Crippen LogP contribution < -0.4 is 0 Å². The second kappa shape index (κ2) is 8.50. The lowest BCUT2D eigenvalue weighted by Crippen LogP contribution is -2.52. The van der Waals surface area contributed by atoms with Gasteiger partial charge in [-0.15, -0.1) is 0 Å². The van der Waals surface area contributed by atoms with Crippen LogP contribution in [-0.4, -0.2) is 41.8 Å². The fraction of sp³-hybridized carbons (Fsp3) is 0.391. The molecule has 160 valence electrons. The quantitative estimate of drug-likeness (QED) is 0.745. The molecule has 0 N–H and O–H groups in total. The van der Waals surface area contributed by atoms with Gasteiger partial charge in [0.1, 0.15) is 0 Å². The van der Waals surface area contributed by atoms with Crippen LogP contribution in [0.1, 0.15) is 36.5 Å². The van der Waals surface area contributed by atoms with Crippen molar-refractivity contribution in [2.75, 3.05) is 20.1 Å². The number of hydrogen-bond donors (Lipinski definition) is 0. The number of carbonyl (C=O) groups excluding carboxylic acids is 2. The van der Waals surface area contributed by atoms with Crippen LogP contribution in [-0.2, 0) is 27.7 Å². The molecule has 0 spiro atoms. The molecule has 1 fully saturated rings. The van der Waals surface area contributed by atoms with Crippen LogP contribution in [0.5, 0.6) is 0 Å². The van der Waals surface area contributed by atoms with Gasteiger partial charge in [-0.1, -0.05) is 42.5 Å². The minimum atomic E-state index is -4.39. The molecule has 1 aliphatic rings. The molecule has 1 heterocycles. The van der Waals surface area contributed by atoms with Gasteiger partial charge in [0.15, 0.2) is 0 Å². The Morgan fingerprint density at radius 2 is 1.57 bits per heavy atom. The Balaban J connectivity index is 1.82. The van der Waals surface area contributed by atoms with E-state index in [1.807, 2.05) is 30.3 Å². The molecule has 2 aromatic carbocycles. The van der Waals surface area contributed by atoms with Gasteiger partial charge in [0.05, 0.1) is 11.0 Å². The van der Waals surface area contributed by atoms with Crippen molar-refractivity contribution in [2.24, 2.45) is 0 Å². The first kappa shape index (κ1) is 21.9. The van der Waals surface area contributed by atoms with Crippen molar-refractivity contribution in [3.8, 4) is 0 Å². The van der Waals surface area contributed by atoms with Crippen LogP contribution >= 0.6 is 0 Å². The minimum Gasteiger partial charge on any atom is -0.343 e. The molecule has 2 amide bonds. The molecule has 4 nitrogen and oxygen atoms in total. The number of halogens is 3. The van der Waals surface area contributed by atoms with E-state index in [1.165, 1.54) is 19.1 Å². The number of benzene rings is 2. The van der Waals surface area contributed by atoms with Crippen LogP contribution in [0.3, 0.4) is 0 Å². The molecule has 0 saturated carbocycles.